The van der Waals surface area contributed by atoms with E-state index in [1.807, 2.05) is 19.3 Å². The van der Waals surface area contributed by atoms with Crippen LogP contribution in [-0.2, 0) is 22.5 Å². The number of carbonyl (C=O) groups excluding carboxylic acids is 1. The fourth-order valence-electron chi connectivity index (χ4n) is 2.55. The van der Waals surface area contributed by atoms with Crippen LogP contribution in [0.4, 0.5) is 0 Å². The minimum Gasteiger partial charge on any atom is -0.384 e. The van der Waals surface area contributed by atoms with Crippen molar-refractivity contribution in [1.29, 1.82) is 0 Å². The Morgan fingerprint density at radius 3 is 2.90 bits per heavy atom. The Balaban J connectivity index is 1.81. The van der Waals surface area contributed by atoms with E-state index < -0.39 is 0 Å². The third kappa shape index (κ3) is 4.75. The van der Waals surface area contributed by atoms with Crippen molar-refractivity contribution in [3.05, 3.63) is 23.8 Å². The molecule has 21 heavy (non-hydrogen) atoms. The van der Waals surface area contributed by atoms with Gasteiger partial charge < -0.3 is 10.1 Å². The Kier molecular flexibility index (Phi) is 6.07. The molecular weight excluding hydrogens is 268 g/mol. The number of carbonyl (C=O) groups is 1. The monoisotopic (exact) mass is 292 g/mol. The molecule has 1 amide bonds. The Morgan fingerprint density at radius 1 is 1.48 bits per heavy atom. The summed E-state index contributed by atoms with van der Waals surface area (Å²) in [4.78, 5) is 22.8. The zero-order chi connectivity index (χ0) is 15.1. The van der Waals surface area contributed by atoms with Gasteiger partial charge in [-0.1, -0.05) is 0 Å². The van der Waals surface area contributed by atoms with E-state index in [1.54, 1.807) is 7.11 Å². The first-order valence-corrected chi connectivity index (χ1v) is 7.51. The number of nitrogens with one attached hydrogen (secondary N) is 1. The largest absolute Gasteiger partial charge is 0.384 e. The number of aromatic nitrogens is 2. The lowest BCUT2D eigenvalue weighted by Gasteiger charge is -2.15. The molecule has 1 aromatic rings. The molecule has 0 aliphatic carbocycles. The van der Waals surface area contributed by atoms with E-state index >= 15 is 0 Å². The van der Waals surface area contributed by atoms with Crippen LogP contribution in [0.1, 0.15) is 24.7 Å². The van der Waals surface area contributed by atoms with Crippen molar-refractivity contribution >= 4 is 5.91 Å². The number of ether oxygens (including phenoxy) is 1. The normalized spacial score (nSPS) is 18.9. The first-order valence-electron chi connectivity index (χ1n) is 7.51. The van der Waals surface area contributed by atoms with E-state index in [0.717, 1.165) is 43.9 Å². The van der Waals surface area contributed by atoms with Crippen LogP contribution < -0.4 is 5.32 Å². The summed E-state index contributed by atoms with van der Waals surface area (Å²) < 4.78 is 5.01. The second-order valence-electron chi connectivity index (χ2n) is 5.37. The Morgan fingerprint density at radius 2 is 2.24 bits per heavy atom. The van der Waals surface area contributed by atoms with Gasteiger partial charge >= 0.3 is 0 Å². The fourth-order valence-corrected chi connectivity index (χ4v) is 2.55. The molecule has 1 aliphatic rings. The summed E-state index contributed by atoms with van der Waals surface area (Å²) in [5.41, 5.74) is 1.09. The van der Waals surface area contributed by atoms with Crippen LogP contribution in [0.25, 0.3) is 0 Å². The molecule has 0 saturated carbocycles. The van der Waals surface area contributed by atoms with Crippen molar-refractivity contribution in [3.63, 3.8) is 0 Å². The molecule has 0 unspecified atom stereocenters. The third-order valence-electron chi connectivity index (χ3n) is 3.69. The van der Waals surface area contributed by atoms with Gasteiger partial charge in [-0.15, -0.1) is 0 Å². The predicted molar refractivity (Wildman–Crippen MR) is 79.7 cm³/mol. The molecular formula is C15H24N4O2. The van der Waals surface area contributed by atoms with Crippen molar-refractivity contribution in [2.75, 3.05) is 33.4 Å². The summed E-state index contributed by atoms with van der Waals surface area (Å²) in [6, 6.07) is 0. The standard InChI is InChI=1S/C15H24N4O2/c1-3-16-15(20)13-4-6-19(11-13)10-12-8-17-14(18-9-12)5-7-21-2/h8-9,13H,3-7,10-11H2,1-2H3,(H,16,20)/t13-/m0/s1. The smallest absolute Gasteiger partial charge is 0.224 e. The topological polar surface area (TPSA) is 67.4 Å². The van der Waals surface area contributed by atoms with Crippen molar-refractivity contribution in [1.82, 2.24) is 20.2 Å². The highest BCUT2D eigenvalue weighted by atomic mass is 16.5. The Hall–Kier alpha value is -1.53. The molecule has 1 aliphatic heterocycles. The van der Waals surface area contributed by atoms with Gasteiger partial charge in [-0.2, -0.15) is 0 Å². The molecule has 6 nitrogen and oxygen atoms in total. The second-order valence-corrected chi connectivity index (χ2v) is 5.37. The van der Waals surface area contributed by atoms with Crippen LogP contribution in [0.15, 0.2) is 12.4 Å². The summed E-state index contributed by atoms with van der Waals surface area (Å²) in [6.45, 7) is 5.86. The number of likely N-dealkylation sites (tertiary alicyclic amines) is 1. The number of hydrogen-bond acceptors (Lipinski definition) is 5. The molecule has 1 fully saturated rings. The van der Waals surface area contributed by atoms with Crippen LogP contribution in [0, 0.1) is 5.92 Å². The summed E-state index contributed by atoms with van der Waals surface area (Å²) in [7, 11) is 1.67. The van der Waals surface area contributed by atoms with Crippen molar-refractivity contribution < 1.29 is 9.53 Å². The van der Waals surface area contributed by atoms with Crippen LogP contribution in [0.3, 0.4) is 0 Å². The maximum Gasteiger partial charge on any atom is 0.224 e. The van der Waals surface area contributed by atoms with Gasteiger partial charge in [0.2, 0.25) is 5.91 Å². The molecule has 2 heterocycles. The highest BCUT2D eigenvalue weighted by Gasteiger charge is 2.27. The highest BCUT2D eigenvalue weighted by molar-refractivity contribution is 5.79. The van der Waals surface area contributed by atoms with Crippen molar-refractivity contribution in [2.45, 2.75) is 26.3 Å². The van der Waals surface area contributed by atoms with Crippen molar-refractivity contribution in [2.24, 2.45) is 5.92 Å². The first kappa shape index (κ1) is 15.9. The average molecular weight is 292 g/mol. The maximum absolute atomic E-state index is 11.8. The highest BCUT2D eigenvalue weighted by Crippen LogP contribution is 2.18. The lowest BCUT2D eigenvalue weighted by molar-refractivity contribution is -0.124. The SMILES string of the molecule is CCNC(=O)[C@H]1CCN(Cc2cnc(CCOC)nc2)C1. The Bertz CT molecular complexity index is 449. The summed E-state index contributed by atoms with van der Waals surface area (Å²) in [5.74, 6) is 1.10. The minimum atomic E-state index is 0.117. The van der Waals surface area contributed by atoms with Crippen LogP contribution in [0.5, 0.6) is 0 Å². The number of amides is 1. The van der Waals surface area contributed by atoms with Gasteiger partial charge in [0.15, 0.2) is 0 Å². The summed E-state index contributed by atoms with van der Waals surface area (Å²) >= 11 is 0. The molecule has 1 atom stereocenters. The van der Waals surface area contributed by atoms with Crippen molar-refractivity contribution in [3.8, 4) is 0 Å². The van der Waals surface area contributed by atoms with E-state index in [1.165, 1.54) is 0 Å². The Labute approximate surface area is 125 Å². The molecule has 0 bridgehead atoms. The van der Waals surface area contributed by atoms with Gasteiger partial charge in [0.05, 0.1) is 12.5 Å². The van der Waals surface area contributed by atoms with Crippen LogP contribution >= 0.6 is 0 Å². The van der Waals surface area contributed by atoms with Gasteiger partial charge in [-0.25, -0.2) is 9.97 Å². The lowest BCUT2D eigenvalue weighted by Crippen LogP contribution is -2.32. The number of hydrogen-bond donors (Lipinski definition) is 1. The molecule has 0 aromatic carbocycles. The van der Waals surface area contributed by atoms with Gasteiger partial charge in [0, 0.05) is 51.1 Å². The minimum absolute atomic E-state index is 0.117. The molecule has 2 rings (SSSR count). The quantitative estimate of drug-likeness (QED) is 0.798. The van der Waals surface area contributed by atoms with E-state index in [-0.39, 0.29) is 11.8 Å². The van der Waals surface area contributed by atoms with E-state index in [2.05, 4.69) is 20.2 Å². The lowest BCUT2D eigenvalue weighted by atomic mass is 10.1. The maximum atomic E-state index is 11.8. The van der Waals surface area contributed by atoms with E-state index in [4.69, 9.17) is 4.74 Å². The van der Waals surface area contributed by atoms with E-state index in [9.17, 15) is 4.79 Å². The van der Waals surface area contributed by atoms with Gasteiger partial charge in [-0.3, -0.25) is 9.69 Å². The molecule has 1 saturated heterocycles. The second kappa shape index (κ2) is 8.05. The molecule has 0 radical (unpaired) electrons. The zero-order valence-electron chi connectivity index (χ0n) is 12.8. The molecule has 1 N–H and O–H groups in total. The van der Waals surface area contributed by atoms with E-state index in [0.29, 0.717) is 13.2 Å². The van der Waals surface area contributed by atoms with Crippen LogP contribution in [0.2, 0.25) is 0 Å². The fraction of sp³-hybridized carbons (Fsp3) is 0.667. The van der Waals surface area contributed by atoms with Gasteiger partial charge in [0.25, 0.3) is 0 Å². The number of nitrogens with zero attached hydrogens (tertiary/aromatic N) is 3. The first-order chi connectivity index (χ1) is 10.2. The molecule has 6 heteroatoms. The number of rotatable bonds is 7. The number of methoxy groups -OCH3 is 1. The summed E-state index contributed by atoms with van der Waals surface area (Å²) in [5, 5.41) is 2.90. The summed E-state index contributed by atoms with van der Waals surface area (Å²) in [6.07, 6.45) is 5.41. The van der Waals surface area contributed by atoms with Gasteiger partial charge in [0.1, 0.15) is 5.82 Å². The van der Waals surface area contributed by atoms with Crippen LogP contribution in [-0.4, -0.2) is 54.1 Å². The molecule has 0 spiro atoms. The average Bonchev–Trinajstić information content (AvgIpc) is 2.95. The predicted octanol–water partition coefficient (Wildman–Crippen LogP) is 0.623. The van der Waals surface area contributed by atoms with Gasteiger partial charge in [-0.05, 0) is 19.9 Å². The molecule has 1 aromatic heterocycles. The third-order valence-corrected chi connectivity index (χ3v) is 3.69. The molecule has 116 valence electrons. The zero-order valence-corrected chi connectivity index (χ0v) is 12.8.